The Morgan fingerprint density at radius 1 is 1.07 bits per heavy atom. The number of nitrogens with one attached hydrogen (secondary N) is 1. The highest BCUT2D eigenvalue weighted by molar-refractivity contribution is 6.04. The fraction of sp³-hybridized carbons (Fsp3) is 0.200. The van der Waals surface area contributed by atoms with Gasteiger partial charge < -0.3 is 4.90 Å². The van der Waals surface area contributed by atoms with E-state index in [4.69, 9.17) is 5.10 Å². The van der Waals surface area contributed by atoms with Gasteiger partial charge in [0.15, 0.2) is 5.69 Å². The van der Waals surface area contributed by atoms with Gasteiger partial charge in [-0.1, -0.05) is 18.2 Å². The number of nitrogens with zero attached hydrogens (tertiary/aromatic N) is 5. The first-order chi connectivity index (χ1) is 13.3. The van der Waals surface area contributed by atoms with Crippen molar-refractivity contribution in [2.45, 2.75) is 19.5 Å². The van der Waals surface area contributed by atoms with E-state index in [0.717, 1.165) is 40.8 Å². The van der Waals surface area contributed by atoms with E-state index >= 15 is 0 Å². The summed E-state index contributed by atoms with van der Waals surface area (Å²) in [6.07, 6.45) is 4.38. The highest BCUT2D eigenvalue weighted by Crippen LogP contribution is 2.23. The first-order valence-electron chi connectivity index (χ1n) is 8.99. The number of aromatic nitrogens is 5. The van der Waals surface area contributed by atoms with E-state index in [-0.39, 0.29) is 5.91 Å². The Kier molecular flexibility index (Phi) is 3.71. The maximum Gasteiger partial charge on any atom is 0.275 e. The molecule has 7 heteroatoms. The summed E-state index contributed by atoms with van der Waals surface area (Å²) >= 11 is 0. The predicted molar refractivity (Wildman–Crippen MR) is 101 cm³/mol. The number of amides is 1. The van der Waals surface area contributed by atoms with Gasteiger partial charge in [-0.05, 0) is 30.7 Å². The molecule has 4 heterocycles. The minimum Gasteiger partial charge on any atom is -0.331 e. The van der Waals surface area contributed by atoms with E-state index in [9.17, 15) is 4.79 Å². The highest BCUT2D eigenvalue weighted by Gasteiger charge is 2.24. The van der Waals surface area contributed by atoms with Crippen LogP contribution in [0.4, 0.5) is 0 Å². The number of benzene rings is 1. The van der Waals surface area contributed by atoms with E-state index in [2.05, 4.69) is 21.2 Å². The largest absolute Gasteiger partial charge is 0.331 e. The van der Waals surface area contributed by atoms with Gasteiger partial charge in [0, 0.05) is 36.4 Å². The Hall–Kier alpha value is -3.48. The monoisotopic (exact) mass is 358 g/mol. The Labute approximate surface area is 155 Å². The number of hydrogen-bond donors (Lipinski definition) is 1. The summed E-state index contributed by atoms with van der Waals surface area (Å²) in [4.78, 5) is 19.0. The highest BCUT2D eigenvalue weighted by atomic mass is 16.2. The molecule has 1 amide bonds. The van der Waals surface area contributed by atoms with Crippen LogP contribution in [0.3, 0.4) is 0 Å². The lowest BCUT2D eigenvalue weighted by Crippen LogP contribution is -2.31. The number of H-pyrrole nitrogens is 1. The average Bonchev–Trinajstić information content (AvgIpc) is 3.27. The first-order valence-corrected chi connectivity index (χ1v) is 8.99. The van der Waals surface area contributed by atoms with E-state index in [1.165, 1.54) is 0 Å². The van der Waals surface area contributed by atoms with Crippen molar-refractivity contribution in [3.05, 3.63) is 66.2 Å². The maximum absolute atomic E-state index is 13.1. The minimum atomic E-state index is -0.0486. The SMILES string of the molecule is O=C(c1n[nH]c2ccccc12)N1CCCn2nc(-c3ccncc3)cc2C1. The number of rotatable bonds is 2. The topological polar surface area (TPSA) is 79.7 Å². The van der Waals surface area contributed by atoms with Crippen molar-refractivity contribution >= 4 is 16.8 Å². The molecule has 0 unspecified atom stereocenters. The van der Waals surface area contributed by atoms with Gasteiger partial charge in [-0.3, -0.25) is 19.6 Å². The molecule has 1 aliphatic rings. The van der Waals surface area contributed by atoms with Gasteiger partial charge in [0.05, 0.1) is 23.4 Å². The molecule has 0 aliphatic carbocycles. The molecular formula is C20H18N6O. The van der Waals surface area contributed by atoms with Crippen LogP contribution >= 0.6 is 0 Å². The van der Waals surface area contributed by atoms with Crippen molar-refractivity contribution in [3.8, 4) is 11.3 Å². The van der Waals surface area contributed by atoms with Crippen LogP contribution in [0, 0.1) is 0 Å². The molecule has 1 aromatic carbocycles. The van der Waals surface area contributed by atoms with Crippen LogP contribution < -0.4 is 0 Å². The molecule has 27 heavy (non-hydrogen) atoms. The van der Waals surface area contributed by atoms with Crippen LogP contribution in [0.25, 0.3) is 22.2 Å². The van der Waals surface area contributed by atoms with Gasteiger partial charge in [-0.2, -0.15) is 10.2 Å². The first kappa shape index (κ1) is 15.7. The van der Waals surface area contributed by atoms with Crippen LogP contribution in [-0.2, 0) is 13.1 Å². The zero-order chi connectivity index (χ0) is 18.2. The van der Waals surface area contributed by atoms with E-state index in [1.54, 1.807) is 12.4 Å². The molecule has 0 radical (unpaired) electrons. The quantitative estimate of drug-likeness (QED) is 0.597. The number of carbonyl (C=O) groups is 1. The second-order valence-corrected chi connectivity index (χ2v) is 6.68. The summed E-state index contributed by atoms with van der Waals surface area (Å²) in [7, 11) is 0. The molecular weight excluding hydrogens is 340 g/mol. The van der Waals surface area contributed by atoms with E-state index in [1.807, 2.05) is 46.0 Å². The third-order valence-corrected chi connectivity index (χ3v) is 4.95. The molecule has 0 saturated carbocycles. The number of para-hydroxylation sites is 1. The molecule has 4 aromatic rings. The molecule has 0 atom stereocenters. The normalized spacial score (nSPS) is 14.1. The van der Waals surface area contributed by atoms with Crippen molar-refractivity contribution in [3.63, 3.8) is 0 Å². The molecule has 0 fully saturated rings. The standard InChI is InChI=1S/C20H18N6O/c27-20(19-16-4-1-2-5-17(16)22-23-19)25-10-3-11-26-15(13-25)12-18(24-26)14-6-8-21-9-7-14/h1-2,4-9,12H,3,10-11,13H2,(H,22,23). The van der Waals surface area contributed by atoms with Crippen molar-refractivity contribution in [2.75, 3.05) is 6.54 Å². The fourth-order valence-electron chi connectivity index (χ4n) is 3.58. The number of pyridine rings is 1. The third-order valence-electron chi connectivity index (χ3n) is 4.95. The minimum absolute atomic E-state index is 0.0486. The van der Waals surface area contributed by atoms with Crippen molar-refractivity contribution in [1.82, 2.24) is 29.9 Å². The molecule has 0 bridgehead atoms. The Morgan fingerprint density at radius 2 is 1.93 bits per heavy atom. The lowest BCUT2D eigenvalue weighted by atomic mass is 10.2. The zero-order valence-electron chi connectivity index (χ0n) is 14.7. The Bertz CT molecular complexity index is 1110. The third kappa shape index (κ3) is 2.77. The number of aromatic amines is 1. The molecule has 0 spiro atoms. The molecule has 1 N–H and O–H groups in total. The van der Waals surface area contributed by atoms with Gasteiger partial charge >= 0.3 is 0 Å². The molecule has 7 nitrogen and oxygen atoms in total. The molecule has 1 aliphatic heterocycles. The van der Waals surface area contributed by atoms with Gasteiger partial charge in [0.2, 0.25) is 0 Å². The number of hydrogen-bond acceptors (Lipinski definition) is 4. The van der Waals surface area contributed by atoms with Crippen LogP contribution in [0.5, 0.6) is 0 Å². The predicted octanol–water partition coefficient (Wildman–Crippen LogP) is 2.87. The van der Waals surface area contributed by atoms with Gasteiger partial charge in [0.1, 0.15) is 0 Å². The maximum atomic E-state index is 13.1. The summed E-state index contributed by atoms with van der Waals surface area (Å²) < 4.78 is 2.01. The van der Waals surface area contributed by atoms with E-state index in [0.29, 0.717) is 18.8 Å². The van der Waals surface area contributed by atoms with Gasteiger partial charge in [0.25, 0.3) is 5.91 Å². The fourth-order valence-corrected chi connectivity index (χ4v) is 3.58. The summed E-state index contributed by atoms with van der Waals surface area (Å²) in [5.41, 5.74) is 4.33. The van der Waals surface area contributed by atoms with Crippen LogP contribution in [0.15, 0.2) is 54.9 Å². The van der Waals surface area contributed by atoms with Crippen molar-refractivity contribution in [2.24, 2.45) is 0 Å². The molecule has 5 rings (SSSR count). The zero-order valence-corrected chi connectivity index (χ0v) is 14.7. The van der Waals surface area contributed by atoms with Crippen molar-refractivity contribution in [1.29, 1.82) is 0 Å². The van der Waals surface area contributed by atoms with Crippen LogP contribution in [0.2, 0.25) is 0 Å². The van der Waals surface area contributed by atoms with Gasteiger partial charge in [-0.25, -0.2) is 0 Å². The van der Waals surface area contributed by atoms with E-state index < -0.39 is 0 Å². The number of carbonyl (C=O) groups excluding carboxylic acids is 1. The smallest absolute Gasteiger partial charge is 0.275 e. The van der Waals surface area contributed by atoms with Crippen LogP contribution in [-0.4, -0.2) is 42.3 Å². The summed E-state index contributed by atoms with van der Waals surface area (Å²) in [6, 6.07) is 13.7. The molecule has 134 valence electrons. The summed E-state index contributed by atoms with van der Waals surface area (Å²) in [6.45, 7) is 2.01. The second kappa shape index (κ2) is 6.35. The molecule has 0 saturated heterocycles. The Morgan fingerprint density at radius 3 is 2.81 bits per heavy atom. The number of aryl methyl sites for hydroxylation is 1. The summed E-state index contributed by atoms with van der Waals surface area (Å²) in [5, 5.41) is 12.8. The van der Waals surface area contributed by atoms with Crippen LogP contribution in [0.1, 0.15) is 22.6 Å². The number of fused-ring (bicyclic) bond motifs is 2. The lowest BCUT2D eigenvalue weighted by molar-refractivity contribution is 0.0741. The molecule has 3 aromatic heterocycles. The Balaban J connectivity index is 1.46. The lowest BCUT2D eigenvalue weighted by Gasteiger charge is -2.18. The van der Waals surface area contributed by atoms with Gasteiger partial charge in [-0.15, -0.1) is 0 Å². The summed E-state index contributed by atoms with van der Waals surface area (Å²) in [5.74, 6) is -0.0486. The average molecular weight is 358 g/mol. The second-order valence-electron chi connectivity index (χ2n) is 6.68. The van der Waals surface area contributed by atoms with Crippen molar-refractivity contribution < 1.29 is 4.79 Å².